The number of anilines is 2. The molecule has 0 saturated carbocycles. The summed E-state index contributed by atoms with van der Waals surface area (Å²) in [6.07, 6.45) is 5.08. The number of halogens is 2. The summed E-state index contributed by atoms with van der Waals surface area (Å²) in [6.45, 7) is 8.81. The molecule has 0 spiro atoms. The van der Waals surface area contributed by atoms with Gasteiger partial charge < -0.3 is 25.6 Å². The molecule has 2 fully saturated rings. The molecule has 2 aliphatic heterocycles. The van der Waals surface area contributed by atoms with Gasteiger partial charge in [-0.15, -0.1) is 23.2 Å². The Kier molecular flexibility index (Phi) is 12.8. The minimum atomic E-state index is -0.500. The van der Waals surface area contributed by atoms with Gasteiger partial charge in [-0.1, -0.05) is 72.8 Å². The highest BCUT2D eigenvalue weighted by atomic mass is 35.5. The molecule has 1 amide bonds. The predicted octanol–water partition coefficient (Wildman–Crippen LogP) is 8.66. The van der Waals surface area contributed by atoms with Gasteiger partial charge in [-0.05, 0) is 79.4 Å². The molecule has 2 atom stereocenters. The molecule has 8 rings (SSSR count). The van der Waals surface area contributed by atoms with Gasteiger partial charge >= 0.3 is 6.09 Å². The molecule has 280 valence electrons. The lowest BCUT2D eigenvalue weighted by Crippen LogP contribution is -2.40. The maximum Gasteiger partial charge on any atom is 0.407 e. The zero-order chi connectivity index (χ0) is 38.1. The number of nitrogens with two attached hydrogens (primary N) is 1. The van der Waals surface area contributed by atoms with Crippen molar-refractivity contribution in [2.45, 2.75) is 51.3 Å². The van der Waals surface area contributed by atoms with Crippen molar-refractivity contribution in [3.8, 4) is 22.5 Å². The third-order valence-electron chi connectivity index (χ3n) is 9.08. The lowest BCUT2D eigenvalue weighted by molar-refractivity contribution is 0.0509. The van der Waals surface area contributed by atoms with Gasteiger partial charge in [0.15, 0.2) is 0 Å². The highest BCUT2D eigenvalue weighted by molar-refractivity contribution is 6.40. The zero-order valence-corrected chi connectivity index (χ0v) is 32.3. The normalized spacial score (nSPS) is 16.7. The van der Waals surface area contributed by atoms with Crippen molar-refractivity contribution in [1.82, 2.24) is 25.3 Å². The van der Waals surface area contributed by atoms with Crippen LogP contribution in [0.2, 0.25) is 0 Å². The summed E-state index contributed by atoms with van der Waals surface area (Å²) < 4.78 is 5.35. The van der Waals surface area contributed by atoms with Crippen LogP contribution in [0.4, 0.5) is 16.7 Å². The summed E-state index contributed by atoms with van der Waals surface area (Å²) in [5, 5.41) is 8.00. The van der Waals surface area contributed by atoms with Gasteiger partial charge in [0.05, 0.1) is 22.8 Å². The number of alkyl halides is 2. The van der Waals surface area contributed by atoms with Crippen molar-refractivity contribution in [1.29, 1.82) is 0 Å². The molecule has 2 aromatic heterocycles. The molecule has 10 nitrogen and oxygen atoms in total. The second-order valence-corrected chi connectivity index (χ2v) is 15.1. The molecule has 0 unspecified atom stereocenters. The van der Waals surface area contributed by atoms with Gasteiger partial charge in [0.25, 0.3) is 0 Å². The number of hydrogen-bond acceptors (Lipinski definition) is 9. The first kappa shape index (κ1) is 38.7. The Balaban J connectivity index is 0.000000177. The largest absolute Gasteiger partial charge is 0.444 e. The maximum absolute atomic E-state index is 12.0. The van der Waals surface area contributed by atoms with Gasteiger partial charge in [-0.2, -0.15) is 0 Å². The highest BCUT2D eigenvalue weighted by Gasteiger charge is 2.28. The van der Waals surface area contributed by atoms with Crippen molar-refractivity contribution >= 4 is 62.7 Å². The van der Waals surface area contributed by atoms with Crippen LogP contribution in [0.25, 0.3) is 44.1 Å². The van der Waals surface area contributed by atoms with E-state index in [2.05, 4.69) is 97.9 Å². The smallest absolute Gasteiger partial charge is 0.407 e. The predicted molar refractivity (Wildman–Crippen MR) is 221 cm³/mol. The first-order chi connectivity index (χ1) is 26.1. The van der Waals surface area contributed by atoms with E-state index in [0.717, 1.165) is 60.9 Å². The van der Waals surface area contributed by atoms with Crippen LogP contribution in [0.15, 0.2) is 109 Å². The Hall–Kier alpha value is -5.03. The van der Waals surface area contributed by atoms with E-state index in [9.17, 15) is 4.79 Å². The summed E-state index contributed by atoms with van der Waals surface area (Å²) in [5.41, 5.74) is 9.51. The molecule has 3 N–H and O–H groups in total. The SMILES string of the molecule is CC(C)(C)OC(=O)N[C@H]1CCN(c2nccc(-c3ccc4ccccc4c3)n2)C1.ClCCl.N[C@H]1CCN(c2nccc(-c3ccc4ccccc4c3)n2)C1. The van der Waals surface area contributed by atoms with Crippen LogP contribution in [0, 0.1) is 0 Å². The summed E-state index contributed by atoms with van der Waals surface area (Å²) >= 11 is 9.53. The van der Waals surface area contributed by atoms with Crippen molar-refractivity contribution in [2.24, 2.45) is 5.73 Å². The third kappa shape index (κ3) is 10.3. The number of nitrogens with zero attached hydrogens (tertiary/aromatic N) is 6. The average molecular weight is 766 g/mol. The molecule has 6 aromatic rings. The van der Waals surface area contributed by atoms with Gasteiger partial charge in [0.2, 0.25) is 11.9 Å². The second-order valence-electron chi connectivity index (χ2n) is 14.3. The zero-order valence-electron chi connectivity index (χ0n) is 30.8. The van der Waals surface area contributed by atoms with E-state index in [1.807, 2.05) is 51.2 Å². The van der Waals surface area contributed by atoms with Crippen LogP contribution in [-0.2, 0) is 4.74 Å². The van der Waals surface area contributed by atoms with Crippen molar-refractivity contribution in [2.75, 3.05) is 41.3 Å². The van der Waals surface area contributed by atoms with Gasteiger partial charge in [-0.3, -0.25) is 0 Å². The fourth-order valence-electron chi connectivity index (χ4n) is 6.52. The molecule has 2 aliphatic rings. The quantitative estimate of drug-likeness (QED) is 0.166. The molecule has 0 aliphatic carbocycles. The monoisotopic (exact) mass is 764 g/mol. The maximum atomic E-state index is 12.0. The van der Waals surface area contributed by atoms with E-state index >= 15 is 0 Å². The van der Waals surface area contributed by atoms with E-state index < -0.39 is 5.60 Å². The Morgan fingerprint density at radius 2 is 1.22 bits per heavy atom. The number of benzene rings is 4. The van der Waals surface area contributed by atoms with Crippen molar-refractivity contribution in [3.05, 3.63) is 109 Å². The van der Waals surface area contributed by atoms with E-state index in [1.54, 1.807) is 6.20 Å². The highest BCUT2D eigenvalue weighted by Crippen LogP contribution is 2.27. The molecular formula is C42H46Cl2N8O2. The molecule has 12 heteroatoms. The fourth-order valence-corrected chi connectivity index (χ4v) is 6.52. The van der Waals surface area contributed by atoms with Gasteiger partial charge in [0.1, 0.15) is 5.60 Å². The van der Waals surface area contributed by atoms with E-state index in [1.165, 1.54) is 21.5 Å². The topological polar surface area (TPSA) is 122 Å². The second kappa shape index (κ2) is 17.9. The van der Waals surface area contributed by atoms with Crippen LogP contribution in [0.3, 0.4) is 0 Å². The van der Waals surface area contributed by atoms with Crippen LogP contribution < -0.4 is 20.9 Å². The molecule has 4 heterocycles. The van der Waals surface area contributed by atoms with Gasteiger partial charge in [-0.25, -0.2) is 24.7 Å². The average Bonchev–Trinajstić information content (AvgIpc) is 3.83. The van der Waals surface area contributed by atoms with E-state index in [4.69, 9.17) is 43.6 Å². The molecule has 0 bridgehead atoms. The molecule has 4 aromatic carbocycles. The summed E-state index contributed by atoms with van der Waals surface area (Å²) in [7, 11) is 0. The summed E-state index contributed by atoms with van der Waals surface area (Å²) in [5.74, 6) is 1.46. The number of rotatable bonds is 5. The third-order valence-corrected chi connectivity index (χ3v) is 9.08. The Morgan fingerprint density at radius 1 is 0.741 bits per heavy atom. The fraction of sp³-hybridized carbons (Fsp3) is 0.310. The van der Waals surface area contributed by atoms with E-state index in [0.29, 0.717) is 12.5 Å². The molecule has 0 radical (unpaired) electrons. The number of fused-ring (bicyclic) bond motifs is 2. The number of hydrogen-bond donors (Lipinski definition) is 2. The molecule has 2 saturated heterocycles. The number of amides is 1. The minimum Gasteiger partial charge on any atom is -0.444 e. The van der Waals surface area contributed by atoms with Gasteiger partial charge in [0, 0.05) is 55.7 Å². The van der Waals surface area contributed by atoms with Crippen LogP contribution in [0.5, 0.6) is 0 Å². The van der Waals surface area contributed by atoms with E-state index in [-0.39, 0.29) is 23.5 Å². The Morgan fingerprint density at radius 3 is 1.70 bits per heavy atom. The standard InChI is InChI=1S/C23H26N4O2.C18H18N4.CH2Cl2/c1-23(2,3)29-22(28)25-19-11-13-27(15-19)21-24-12-10-20(26-21)18-9-8-16-6-4-5-7-17(16)14-18;19-16-8-10-22(12-16)18-20-9-7-17(21-18)15-6-5-13-3-1-2-4-14(13)11-15;2-1-3/h4-10,12,14,19H,11,13,15H2,1-3H3,(H,25,28);1-7,9,11,16H,8,10,12,19H2;1H2/t19-;16-;/m00./s1. The van der Waals surface area contributed by atoms with Crippen molar-refractivity contribution < 1.29 is 9.53 Å². The lowest BCUT2D eigenvalue weighted by atomic mass is 10.1. The van der Waals surface area contributed by atoms with Crippen LogP contribution in [0.1, 0.15) is 33.6 Å². The first-order valence-corrected chi connectivity index (χ1v) is 19.2. The number of carbonyl (C=O) groups is 1. The van der Waals surface area contributed by atoms with Crippen LogP contribution in [-0.4, -0.2) is 75.2 Å². The number of carbonyl (C=O) groups excluding carboxylic acids is 1. The Bertz CT molecular complexity index is 2180. The molecular weight excluding hydrogens is 719 g/mol. The number of alkyl carbamates (subject to hydrolysis) is 1. The number of aromatic nitrogens is 4. The van der Waals surface area contributed by atoms with Crippen LogP contribution >= 0.6 is 23.2 Å². The lowest BCUT2D eigenvalue weighted by Gasteiger charge is -2.22. The Labute approximate surface area is 326 Å². The number of nitrogens with one attached hydrogen (secondary N) is 1. The van der Waals surface area contributed by atoms with Crippen molar-refractivity contribution in [3.63, 3.8) is 0 Å². The first-order valence-electron chi connectivity index (χ1n) is 18.1. The molecule has 54 heavy (non-hydrogen) atoms. The summed E-state index contributed by atoms with van der Waals surface area (Å²) in [6, 6.07) is 33.6. The summed E-state index contributed by atoms with van der Waals surface area (Å²) in [4.78, 5) is 34.6. The minimum absolute atomic E-state index is 0.0257. The number of ether oxygens (including phenoxy) is 1.